The number of hydrogen-bond donors (Lipinski definition) is 9. The van der Waals surface area contributed by atoms with Gasteiger partial charge in [-0.25, -0.2) is 34.1 Å². The Labute approximate surface area is 402 Å². The van der Waals surface area contributed by atoms with Crippen molar-refractivity contribution in [3.8, 4) is 0 Å². The Balaban J connectivity index is 0.000000363. The summed E-state index contributed by atoms with van der Waals surface area (Å²) in [6.07, 6.45) is -0.612. The Morgan fingerprint density at radius 2 is 1.21 bits per heavy atom. The second kappa shape index (κ2) is 22.8. The number of aliphatic hydroxyl groups excluding tert-OH is 2. The Kier molecular flexibility index (Phi) is 19.5. The molecule has 68 heavy (non-hydrogen) atoms. The number of carbonyl (C=O) groups excluding carboxylic acids is 4. The van der Waals surface area contributed by atoms with Gasteiger partial charge in [-0.15, -0.1) is 23.5 Å². The molecule has 0 aliphatic carbocycles. The number of carboxylic acids is 1. The zero-order valence-electron chi connectivity index (χ0n) is 35.9. The van der Waals surface area contributed by atoms with Gasteiger partial charge in [0, 0.05) is 82.5 Å². The number of aliphatic carboxylic acids is 1. The number of carboxylic acid groups (broad SMARTS) is 1. The summed E-state index contributed by atoms with van der Waals surface area (Å²) < 4.78 is 54.0. The maximum atomic E-state index is 13.2. The molecule has 6 aliphatic heterocycles. The van der Waals surface area contributed by atoms with Gasteiger partial charge >= 0.3 is 17.9 Å². The van der Waals surface area contributed by atoms with Crippen molar-refractivity contribution in [1.29, 1.82) is 0 Å². The molecule has 13 N–H and O–H groups in total. The molecule has 1 aromatic carbocycles. The van der Waals surface area contributed by atoms with Crippen LogP contribution in [0.4, 0.5) is 5.69 Å². The number of nitrogens with two attached hydrogens (primary N) is 2. The lowest BCUT2D eigenvalue weighted by Crippen LogP contribution is -2.63. The van der Waals surface area contributed by atoms with Gasteiger partial charge < -0.3 is 46.0 Å². The molecule has 0 spiro atoms. The van der Waals surface area contributed by atoms with E-state index in [-0.39, 0.29) is 102 Å². The molecule has 0 unspecified atom stereocenters. The van der Waals surface area contributed by atoms with Crippen LogP contribution in [0.15, 0.2) is 45.5 Å². The number of amides is 2. The molecule has 29 heteroatoms. The van der Waals surface area contributed by atoms with Gasteiger partial charge in [-0.2, -0.15) is 16.8 Å². The number of benzene rings is 1. The van der Waals surface area contributed by atoms with Crippen molar-refractivity contribution >= 4 is 79.4 Å². The molecule has 25 nitrogen and oxygen atoms in total. The maximum absolute atomic E-state index is 13.2. The first-order chi connectivity index (χ1) is 30.3. The Morgan fingerprint density at radius 3 is 1.57 bits per heavy atom. The van der Waals surface area contributed by atoms with E-state index >= 15 is 0 Å². The normalized spacial score (nSPS) is 29.2. The molecule has 12 atom stereocenters. The lowest BCUT2D eigenvalue weighted by Gasteiger charge is -2.46. The topological polar surface area (TPSA) is 405 Å². The van der Waals surface area contributed by atoms with Crippen LogP contribution in [0.1, 0.15) is 65.7 Å². The van der Waals surface area contributed by atoms with Crippen LogP contribution in [-0.2, 0) is 44.3 Å². The molecule has 382 valence electrons. The molecule has 7 rings (SSSR count). The Bertz CT molecular complexity index is 2400. The van der Waals surface area contributed by atoms with Crippen LogP contribution in [0.3, 0.4) is 0 Å². The Morgan fingerprint density at radius 1 is 0.809 bits per heavy atom. The molecule has 1 aromatic rings. The quantitative estimate of drug-likeness (QED) is 0.0297. The predicted octanol–water partition coefficient (Wildman–Crippen LogP) is -1.55. The second-order valence-corrected chi connectivity index (χ2v) is 22.1. The van der Waals surface area contributed by atoms with Crippen molar-refractivity contribution in [1.82, 2.24) is 29.9 Å². The van der Waals surface area contributed by atoms with Crippen molar-refractivity contribution in [2.24, 2.45) is 33.9 Å². The van der Waals surface area contributed by atoms with E-state index in [9.17, 15) is 66.2 Å². The summed E-state index contributed by atoms with van der Waals surface area (Å²) in [5.74, 6) is -5.85. The molecule has 4 fully saturated rings. The SMILES string of the molecule is C.C.C[C@@H](O)[C@H]1C(=O)N2C(C(=O)O)=C(S[C@@H]3CN[C@H](CNS(N)(=O)=O)C3)[C@H](C)[C@H]12.C[C@@H](O)[C@H]1C(=O)N2C(C(=O)OC(=O)c3ccc([N+](=O)[O-])cc3)=C(S[C@@H]3CN[C@H](CNS(N)(=O)=O)C3)[C@H](C)[C@H]12.O. The van der Waals surface area contributed by atoms with E-state index in [0.717, 1.165) is 24.3 Å². The summed E-state index contributed by atoms with van der Waals surface area (Å²) in [7, 11) is -7.61. The highest BCUT2D eigenvalue weighted by Crippen LogP contribution is 2.53. The van der Waals surface area contributed by atoms with Crippen LogP contribution in [0.5, 0.6) is 0 Å². The number of thioether (sulfide) groups is 2. The van der Waals surface area contributed by atoms with Crippen LogP contribution in [-0.4, -0.2) is 155 Å². The van der Waals surface area contributed by atoms with E-state index in [1.54, 1.807) is 6.92 Å². The average Bonchev–Trinajstić information content (AvgIpc) is 3.96. The van der Waals surface area contributed by atoms with Crippen LogP contribution in [0.25, 0.3) is 0 Å². The number of nitrogens with zero attached hydrogens (tertiary/aromatic N) is 3. The number of nitro groups is 1. The highest BCUT2D eigenvalue weighted by Gasteiger charge is 2.62. The van der Waals surface area contributed by atoms with Gasteiger partial charge in [-0.3, -0.25) is 19.7 Å². The van der Waals surface area contributed by atoms with Gasteiger partial charge in [-0.05, 0) is 38.8 Å². The zero-order valence-corrected chi connectivity index (χ0v) is 39.1. The number of esters is 2. The Hall–Kier alpha value is -4.11. The minimum absolute atomic E-state index is 0. The number of β-lactam (4-membered cyclic amide) rings is 2. The molecular weight excluding hydrogens is 979 g/mol. The average molecular weight is 1040 g/mol. The third-order valence-electron chi connectivity index (χ3n) is 12.1. The van der Waals surface area contributed by atoms with E-state index < -0.39 is 79.2 Å². The molecule has 2 amide bonds. The van der Waals surface area contributed by atoms with Crippen LogP contribution in [0, 0.1) is 33.8 Å². The number of aliphatic hydroxyl groups is 2. The third-order valence-corrected chi connectivity index (χ3v) is 16.3. The van der Waals surface area contributed by atoms with Gasteiger partial charge in [0.25, 0.3) is 26.1 Å². The minimum Gasteiger partial charge on any atom is -0.477 e. The highest BCUT2D eigenvalue weighted by molar-refractivity contribution is 8.04. The molecule has 0 bridgehead atoms. The van der Waals surface area contributed by atoms with Crippen molar-refractivity contribution in [2.75, 3.05) is 26.2 Å². The molecule has 0 saturated carbocycles. The largest absolute Gasteiger partial charge is 0.477 e. The second-order valence-electron chi connectivity index (χ2n) is 16.7. The minimum atomic E-state index is -3.85. The van der Waals surface area contributed by atoms with Gasteiger partial charge in [0.1, 0.15) is 11.4 Å². The predicted molar refractivity (Wildman–Crippen MR) is 250 cm³/mol. The van der Waals surface area contributed by atoms with E-state index in [2.05, 4.69) is 20.1 Å². The molecule has 0 radical (unpaired) electrons. The maximum Gasteiger partial charge on any atom is 0.363 e. The fraction of sp³-hybridized carbons (Fsp3) is 0.615. The van der Waals surface area contributed by atoms with Crippen molar-refractivity contribution in [2.45, 2.75) is 102 Å². The number of non-ortho nitro benzene ring substituents is 1. The van der Waals surface area contributed by atoms with Gasteiger partial charge in [0.2, 0.25) is 11.8 Å². The third kappa shape index (κ3) is 12.4. The number of rotatable bonds is 16. The van der Waals surface area contributed by atoms with E-state index in [1.807, 2.05) is 13.8 Å². The first-order valence-corrected chi connectivity index (χ1v) is 25.2. The number of nitrogens with one attached hydrogen (secondary N) is 4. The lowest BCUT2D eigenvalue weighted by atomic mass is 9.79. The summed E-state index contributed by atoms with van der Waals surface area (Å²) in [6.45, 7) is 8.06. The molecular formula is C39H61N9O16S4. The van der Waals surface area contributed by atoms with Gasteiger partial charge in [0.05, 0.1) is 46.6 Å². The monoisotopic (exact) mass is 1040 g/mol. The molecule has 6 heterocycles. The van der Waals surface area contributed by atoms with E-state index in [0.29, 0.717) is 35.7 Å². The molecule has 4 saturated heterocycles. The summed E-state index contributed by atoms with van der Waals surface area (Å²) in [5, 5.41) is 56.8. The first-order valence-electron chi connectivity index (χ1n) is 20.4. The van der Waals surface area contributed by atoms with Crippen molar-refractivity contribution in [3.05, 3.63) is 61.1 Å². The summed E-state index contributed by atoms with van der Waals surface area (Å²) in [6, 6.07) is 3.41. The zero-order chi connectivity index (χ0) is 48.0. The lowest BCUT2D eigenvalue weighted by molar-refractivity contribution is -0.384. The highest BCUT2D eigenvalue weighted by atomic mass is 32.2. The molecule has 6 aliphatic rings. The van der Waals surface area contributed by atoms with Crippen LogP contribution in [0.2, 0.25) is 0 Å². The smallest absolute Gasteiger partial charge is 0.363 e. The van der Waals surface area contributed by atoms with E-state index in [1.165, 1.54) is 40.2 Å². The van der Waals surface area contributed by atoms with Crippen molar-refractivity contribution < 1.29 is 71.3 Å². The fourth-order valence-electron chi connectivity index (χ4n) is 9.11. The first kappa shape index (κ1) is 58.2. The number of hydrogen-bond acceptors (Lipinski definition) is 18. The van der Waals surface area contributed by atoms with E-state index in [4.69, 9.17) is 15.0 Å². The summed E-state index contributed by atoms with van der Waals surface area (Å²) >= 11 is 2.75. The number of fused-ring (bicyclic) bond motifs is 2. The number of carbonyl (C=O) groups is 5. The van der Waals surface area contributed by atoms with Gasteiger partial charge in [-0.1, -0.05) is 28.7 Å². The van der Waals surface area contributed by atoms with Crippen LogP contribution >= 0.6 is 23.5 Å². The van der Waals surface area contributed by atoms with Gasteiger partial charge in [0.15, 0.2) is 0 Å². The summed E-state index contributed by atoms with van der Waals surface area (Å²) in [4.78, 5) is 76.8. The summed E-state index contributed by atoms with van der Waals surface area (Å²) in [5.41, 5.74) is -0.385. The number of ether oxygens (including phenoxy) is 1. The number of nitro benzene ring substituents is 1. The fourth-order valence-corrected chi connectivity index (χ4v) is 13.0. The molecule has 0 aromatic heterocycles. The standard InChI is InChI=1S/C22H27N5O9S2.C15H24N4O6S2.2CH4.H2O/c1-10-17-16(11(2)28)20(29)26(17)18(19(10)37-15-7-13(24-9-15)8-25-38(23,34)35)22(31)36-21(30)12-3-5-14(6-4-12)27(32)33;1-6-11-10(7(2)20)14(21)19(11)12(15(22)23)13(6)26-9-3-8(17-5-9)4-18-27(16,24)25;;;/h3-6,10-11,13,15-17,24-25,28H,7-9H2,1-2H3,(H2,23,34,35);6-11,17-18,20H,3-5H2,1-2H3,(H,22,23)(H2,16,24,25);2*1H4;1H2/t10-,11-,13+,15+,16-,17-;6-,7-,8+,9+,10-,11-;;;/m11.../s1. The van der Waals surface area contributed by atoms with Crippen LogP contribution < -0.4 is 30.4 Å². The van der Waals surface area contributed by atoms with Crippen molar-refractivity contribution in [3.63, 3.8) is 0 Å².